The van der Waals surface area contributed by atoms with Gasteiger partial charge >= 0.3 is 6.18 Å². The molecule has 4 nitrogen and oxygen atoms in total. The van der Waals surface area contributed by atoms with Crippen LogP contribution < -0.4 is 10.6 Å². The van der Waals surface area contributed by atoms with Gasteiger partial charge in [-0.3, -0.25) is 9.59 Å². The smallest absolute Gasteiger partial charge is 0.326 e. The summed E-state index contributed by atoms with van der Waals surface area (Å²) >= 11 is 0. The van der Waals surface area contributed by atoms with Crippen LogP contribution in [0.4, 0.5) is 28.9 Å². The van der Waals surface area contributed by atoms with Gasteiger partial charge in [0.25, 0.3) is 0 Å². The first-order chi connectivity index (χ1) is 11.2. The Balaban J connectivity index is 1.89. The van der Waals surface area contributed by atoms with Gasteiger partial charge in [-0.1, -0.05) is 6.07 Å². The topological polar surface area (TPSA) is 58.2 Å². The lowest BCUT2D eigenvalue weighted by Crippen LogP contribution is -2.21. The minimum absolute atomic E-state index is 0.131. The quantitative estimate of drug-likeness (QED) is 0.657. The van der Waals surface area contributed by atoms with E-state index in [1.54, 1.807) is 0 Å². The Bertz CT molecular complexity index is 742. The summed E-state index contributed by atoms with van der Waals surface area (Å²) in [5.41, 5.74) is -0.516. The maximum absolute atomic E-state index is 13.0. The highest BCUT2D eigenvalue weighted by atomic mass is 19.4. The number of carbonyl (C=O) groups is 2. The summed E-state index contributed by atoms with van der Waals surface area (Å²) in [6.45, 7) is 0. The zero-order chi connectivity index (χ0) is 17.7. The Morgan fingerprint density at radius 1 is 0.875 bits per heavy atom. The lowest BCUT2D eigenvalue weighted by Gasteiger charge is -2.09. The second-order valence-electron chi connectivity index (χ2n) is 4.86. The molecule has 24 heavy (non-hydrogen) atoms. The Hall–Kier alpha value is -2.90. The first-order valence-electron chi connectivity index (χ1n) is 6.76. The van der Waals surface area contributed by atoms with Crippen LogP contribution in [0, 0.1) is 5.82 Å². The second kappa shape index (κ2) is 7.12. The van der Waals surface area contributed by atoms with Gasteiger partial charge in [-0.2, -0.15) is 13.2 Å². The molecule has 2 N–H and O–H groups in total. The molecule has 0 saturated carbocycles. The number of hydrogen-bond acceptors (Lipinski definition) is 2. The molecule has 2 amide bonds. The fourth-order valence-electron chi connectivity index (χ4n) is 1.86. The van der Waals surface area contributed by atoms with E-state index in [0.717, 1.165) is 30.3 Å². The molecule has 0 spiro atoms. The molecule has 0 aliphatic rings. The predicted octanol–water partition coefficient (Wildman–Crippen LogP) is 3.81. The van der Waals surface area contributed by atoms with Crippen molar-refractivity contribution in [1.82, 2.24) is 0 Å². The maximum Gasteiger partial charge on any atom is 0.416 e. The summed E-state index contributed by atoms with van der Waals surface area (Å²) in [4.78, 5) is 23.4. The number of halogens is 4. The van der Waals surface area contributed by atoms with Crippen molar-refractivity contribution in [2.24, 2.45) is 0 Å². The molecule has 0 fully saturated rings. The van der Waals surface area contributed by atoms with E-state index in [1.165, 1.54) is 18.2 Å². The first kappa shape index (κ1) is 17.5. The van der Waals surface area contributed by atoms with Crippen LogP contribution in [0.25, 0.3) is 0 Å². The van der Waals surface area contributed by atoms with Gasteiger partial charge in [0.2, 0.25) is 11.8 Å². The van der Waals surface area contributed by atoms with Gasteiger partial charge in [0.1, 0.15) is 12.2 Å². The fourth-order valence-corrected chi connectivity index (χ4v) is 1.86. The Morgan fingerprint density at radius 3 is 2.00 bits per heavy atom. The van der Waals surface area contributed by atoms with Crippen molar-refractivity contribution in [3.05, 3.63) is 59.9 Å². The van der Waals surface area contributed by atoms with Gasteiger partial charge < -0.3 is 10.6 Å². The minimum Gasteiger partial charge on any atom is -0.326 e. The predicted molar refractivity (Wildman–Crippen MR) is 79.7 cm³/mol. The SMILES string of the molecule is O=C(CC(=O)Nc1cccc(F)c1)Nc1ccc(C(F)(F)F)cc1. The number of amides is 2. The number of hydrogen-bond donors (Lipinski definition) is 2. The van der Waals surface area contributed by atoms with E-state index in [4.69, 9.17) is 0 Å². The van der Waals surface area contributed by atoms with E-state index < -0.39 is 35.8 Å². The Labute approximate surface area is 134 Å². The minimum atomic E-state index is -4.46. The summed E-state index contributed by atoms with van der Waals surface area (Å²) < 4.78 is 50.2. The van der Waals surface area contributed by atoms with Crippen molar-refractivity contribution in [1.29, 1.82) is 0 Å². The number of nitrogens with one attached hydrogen (secondary N) is 2. The molecule has 0 bridgehead atoms. The maximum atomic E-state index is 13.0. The summed E-state index contributed by atoms with van der Waals surface area (Å²) in [6.07, 6.45) is -5.02. The van der Waals surface area contributed by atoms with Crippen LogP contribution in [0.5, 0.6) is 0 Å². The van der Waals surface area contributed by atoms with Crippen molar-refractivity contribution in [3.63, 3.8) is 0 Å². The van der Waals surface area contributed by atoms with Crippen LogP contribution in [-0.2, 0) is 15.8 Å². The van der Waals surface area contributed by atoms with Gasteiger partial charge in [-0.15, -0.1) is 0 Å². The van der Waals surface area contributed by atoms with E-state index in [1.807, 2.05) is 0 Å². The van der Waals surface area contributed by atoms with Crippen molar-refractivity contribution in [2.45, 2.75) is 12.6 Å². The normalized spacial score (nSPS) is 11.0. The lowest BCUT2D eigenvalue weighted by atomic mass is 10.2. The molecule has 0 atom stereocenters. The molecule has 0 aliphatic heterocycles. The van der Waals surface area contributed by atoms with Crippen LogP contribution in [0.15, 0.2) is 48.5 Å². The summed E-state index contributed by atoms with van der Waals surface area (Å²) in [7, 11) is 0. The highest BCUT2D eigenvalue weighted by Crippen LogP contribution is 2.29. The molecule has 2 aromatic rings. The number of alkyl halides is 3. The van der Waals surface area contributed by atoms with Gasteiger partial charge in [-0.25, -0.2) is 4.39 Å². The molecular formula is C16H12F4N2O2. The molecule has 0 saturated heterocycles. The number of rotatable bonds is 4. The lowest BCUT2D eigenvalue weighted by molar-refractivity contribution is -0.137. The fraction of sp³-hybridized carbons (Fsp3) is 0.125. The van der Waals surface area contributed by atoms with Gasteiger partial charge in [0, 0.05) is 11.4 Å². The van der Waals surface area contributed by atoms with Crippen molar-refractivity contribution in [2.75, 3.05) is 10.6 Å². The van der Waals surface area contributed by atoms with Crippen LogP contribution in [0.1, 0.15) is 12.0 Å². The zero-order valence-corrected chi connectivity index (χ0v) is 12.2. The number of benzene rings is 2. The summed E-state index contributed by atoms with van der Waals surface area (Å²) in [5, 5.41) is 4.65. The van der Waals surface area contributed by atoms with Gasteiger partial charge in [0.15, 0.2) is 0 Å². The molecule has 0 aromatic heterocycles. The molecule has 0 heterocycles. The molecule has 2 rings (SSSR count). The van der Waals surface area contributed by atoms with Gasteiger partial charge in [0.05, 0.1) is 5.56 Å². The molecule has 2 aromatic carbocycles. The standard InChI is InChI=1S/C16H12F4N2O2/c17-11-2-1-3-13(8-11)22-15(24)9-14(23)21-12-6-4-10(5-7-12)16(18,19)20/h1-8H,9H2,(H,21,23)(H,22,24). The average molecular weight is 340 g/mol. The average Bonchev–Trinajstić information content (AvgIpc) is 2.46. The van der Waals surface area contributed by atoms with E-state index in [-0.39, 0.29) is 11.4 Å². The highest BCUT2D eigenvalue weighted by Gasteiger charge is 2.30. The first-order valence-corrected chi connectivity index (χ1v) is 6.76. The highest BCUT2D eigenvalue weighted by molar-refractivity contribution is 6.08. The molecule has 0 unspecified atom stereocenters. The van der Waals surface area contributed by atoms with Crippen LogP contribution >= 0.6 is 0 Å². The van der Waals surface area contributed by atoms with Crippen molar-refractivity contribution < 1.29 is 27.2 Å². The Morgan fingerprint density at radius 2 is 1.46 bits per heavy atom. The molecule has 0 aliphatic carbocycles. The summed E-state index contributed by atoms with van der Waals surface area (Å²) in [5.74, 6) is -1.92. The van der Waals surface area contributed by atoms with Crippen molar-refractivity contribution >= 4 is 23.2 Å². The van der Waals surface area contributed by atoms with Crippen LogP contribution in [0.2, 0.25) is 0 Å². The third kappa shape index (κ3) is 5.08. The van der Waals surface area contributed by atoms with E-state index in [0.29, 0.717) is 0 Å². The largest absolute Gasteiger partial charge is 0.416 e. The third-order valence-corrected chi connectivity index (χ3v) is 2.93. The zero-order valence-electron chi connectivity index (χ0n) is 12.2. The van der Waals surface area contributed by atoms with Crippen LogP contribution in [-0.4, -0.2) is 11.8 Å². The Kier molecular flexibility index (Phi) is 5.18. The van der Waals surface area contributed by atoms with E-state index >= 15 is 0 Å². The second-order valence-corrected chi connectivity index (χ2v) is 4.86. The number of carbonyl (C=O) groups excluding carboxylic acids is 2. The third-order valence-electron chi connectivity index (χ3n) is 2.93. The monoisotopic (exact) mass is 340 g/mol. The molecule has 0 radical (unpaired) electrons. The van der Waals surface area contributed by atoms with E-state index in [2.05, 4.69) is 10.6 Å². The van der Waals surface area contributed by atoms with Crippen molar-refractivity contribution in [3.8, 4) is 0 Å². The van der Waals surface area contributed by atoms with Crippen LogP contribution in [0.3, 0.4) is 0 Å². The van der Waals surface area contributed by atoms with Gasteiger partial charge in [-0.05, 0) is 42.5 Å². The molecular weight excluding hydrogens is 328 g/mol. The molecule has 8 heteroatoms. The molecule has 126 valence electrons. The summed E-state index contributed by atoms with van der Waals surface area (Å²) in [6, 6.07) is 8.96. The van der Waals surface area contributed by atoms with E-state index in [9.17, 15) is 27.2 Å². The number of anilines is 2.